The van der Waals surface area contributed by atoms with Crippen molar-refractivity contribution in [1.82, 2.24) is 14.5 Å². The number of para-hydroxylation sites is 2. The third-order valence-electron chi connectivity index (χ3n) is 4.75. The van der Waals surface area contributed by atoms with E-state index in [1.807, 2.05) is 43.0 Å². The Bertz CT molecular complexity index is 1280. The molecule has 0 spiro atoms. The number of fused-ring (bicyclic) bond motifs is 1. The van der Waals surface area contributed by atoms with Crippen molar-refractivity contribution < 1.29 is 13.3 Å². The van der Waals surface area contributed by atoms with Gasteiger partial charge >= 0.3 is 0 Å². The van der Waals surface area contributed by atoms with Crippen LogP contribution in [0, 0.1) is 0 Å². The molecule has 30 heavy (non-hydrogen) atoms. The lowest BCUT2D eigenvalue weighted by atomic mass is 10.2. The first-order chi connectivity index (χ1) is 14.6. The fraction of sp³-hybridized carbons (Fsp3) is 0.227. The molecule has 0 bridgehead atoms. The molecule has 0 saturated carbocycles. The number of imidazole rings is 1. The summed E-state index contributed by atoms with van der Waals surface area (Å²) in [5, 5.41) is 0. The van der Waals surface area contributed by atoms with Gasteiger partial charge in [-0.25, -0.2) is 18.7 Å². The largest absolute Gasteiger partial charge is 0.296 e. The normalized spacial score (nSPS) is 13.3. The average Bonchev–Trinajstić information content (AvgIpc) is 3.22. The molecule has 0 radical (unpaired) electrons. The van der Waals surface area contributed by atoms with E-state index >= 15 is 0 Å². The summed E-state index contributed by atoms with van der Waals surface area (Å²) in [5.41, 5.74) is 1.31. The van der Waals surface area contributed by atoms with Crippen LogP contribution in [0.2, 0.25) is 0 Å². The quantitative estimate of drug-likeness (QED) is 0.350. The van der Waals surface area contributed by atoms with Crippen molar-refractivity contribution in [3.63, 3.8) is 0 Å². The fourth-order valence-corrected chi connectivity index (χ4v) is 4.15. The second-order valence-electron chi connectivity index (χ2n) is 7.03. The van der Waals surface area contributed by atoms with Crippen molar-refractivity contribution in [2.45, 2.75) is 37.6 Å². The van der Waals surface area contributed by atoms with E-state index in [-0.39, 0.29) is 10.7 Å². The molecule has 8 heteroatoms. The summed E-state index contributed by atoms with van der Waals surface area (Å²) in [6.07, 6.45) is 9.15. The summed E-state index contributed by atoms with van der Waals surface area (Å²) in [5.74, 6) is 0.544. The minimum Gasteiger partial charge on any atom is -0.296 e. The summed E-state index contributed by atoms with van der Waals surface area (Å²) < 4.78 is 31.6. The van der Waals surface area contributed by atoms with Crippen LogP contribution in [0.25, 0.3) is 16.9 Å². The number of aromatic nitrogens is 4. The zero-order chi connectivity index (χ0) is 21.0. The van der Waals surface area contributed by atoms with Gasteiger partial charge in [-0.15, -0.1) is 4.36 Å². The number of hydrogen-bond donors (Lipinski definition) is 1. The molecule has 2 aromatic heterocycles. The van der Waals surface area contributed by atoms with E-state index in [9.17, 15) is 8.76 Å². The van der Waals surface area contributed by atoms with Gasteiger partial charge in [-0.1, -0.05) is 43.7 Å². The molecule has 0 aliphatic rings. The number of aryl methyl sites for hydroxylation is 1. The van der Waals surface area contributed by atoms with Crippen LogP contribution in [-0.4, -0.2) is 23.3 Å². The van der Waals surface area contributed by atoms with Crippen molar-refractivity contribution in [1.29, 1.82) is 0 Å². The van der Waals surface area contributed by atoms with Gasteiger partial charge in [0.25, 0.3) is 5.82 Å². The van der Waals surface area contributed by atoms with Crippen LogP contribution in [0.3, 0.4) is 0 Å². The van der Waals surface area contributed by atoms with E-state index in [0.717, 1.165) is 25.8 Å². The van der Waals surface area contributed by atoms with E-state index in [4.69, 9.17) is 0 Å². The Morgan fingerprint density at radius 2 is 1.73 bits per heavy atom. The molecule has 0 aliphatic heterocycles. The topological polar surface area (TPSA) is 84.3 Å². The Balaban J connectivity index is 1.83. The maximum Gasteiger partial charge on any atom is 0.272 e. The minimum atomic E-state index is -3.67. The monoisotopic (exact) mass is 422 g/mol. The smallest absolute Gasteiger partial charge is 0.272 e. The highest BCUT2D eigenvalue weighted by atomic mass is 32.2. The average molecular weight is 423 g/mol. The molecule has 1 atom stereocenters. The van der Waals surface area contributed by atoms with Gasteiger partial charge in [0.1, 0.15) is 12.4 Å². The highest BCUT2D eigenvalue weighted by molar-refractivity contribution is 7.88. The predicted molar refractivity (Wildman–Crippen MR) is 116 cm³/mol. The van der Waals surface area contributed by atoms with Crippen LogP contribution < -0.4 is 4.57 Å². The standard InChI is InChI=1S/C22H23N5O2S/c1-2-3-9-14-26-15-16-27(17-26)22-21(23-19-12-7-8-13-20(19)24-22)25-30(28,29)18-10-5-4-6-11-18/h4-8,10-13,15-17H,2-3,9,14H2,1H3/p+1. The molecule has 154 valence electrons. The van der Waals surface area contributed by atoms with Crippen LogP contribution in [0.4, 0.5) is 5.82 Å². The van der Waals surface area contributed by atoms with E-state index in [0.29, 0.717) is 16.9 Å². The molecule has 0 aliphatic carbocycles. The summed E-state index contributed by atoms with van der Waals surface area (Å²) in [7, 11) is -3.67. The second kappa shape index (κ2) is 8.73. The first-order valence-corrected chi connectivity index (χ1v) is 11.4. The molecule has 0 saturated heterocycles. The summed E-state index contributed by atoms with van der Waals surface area (Å²) in [4.78, 5) is 9.47. The zero-order valence-corrected chi connectivity index (χ0v) is 17.6. The first kappa shape index (κ1) is 20.2. The number of hydrogen-bond acceptors (Lipinski definition) is 4. The molecule has 0 fully saturated rings. The van der Waals surface area contributed by atoms with Crippen molar-refractivity contribution in [2.75, 3.05) is 0 Å². The lowest BCUT2D eigenvalue weighted by Crippen LogP contribution is -2.30. The number of nitrogens with zero attached hydrogens (tertiary/aromatic N) is 5. The maximum atomic E-state index is 13.0. The second-order valence-corrected chi connectivity index (χ2v) is 8.67. The van der Waals surface area contributed by atoms with E-state index in [1.165, 1.54) is 0 Å². The SMILES string of the molecule is CCCCC[n+]1ccn(-c2nc3ccccc3nc2N=S(=O)(O)c2ccccc2)c1. The van der Waals surface area contributed by atoms with Gasteiger partial charge in [-0.2, -0.15) is 4.57 Å². The van der Waals surface area contributed by atoms with Gasteiger partial charge in [0.05, 0.1) is 22.5 Å². The Labute approximate surface area is 176 Å². The Morgan fingerprint density at radius 1 is 1.03 bits per heavy atom. The summed E-state index contributed by atoms with van der Waals surface area (Å²) in [6.45, 7) is 3.07. The number of rotatable bonds is 7. The Kier molecular flexibility index (Phi) is 5.87. The van der Waals surface area contributed by atoms with Gasteiger partial charge in [0.15, 0.2) is 10.0 Å². The highest BCUT2D eigenvalue weighted by Gasteiger charge is 2.19. The van der Waals surface area contributed by atoms with Gasteiger partial charge in [0, 0.05) is 0 Å². The minimum absolute atomic E-state index is 0.126. The third-order valence-corrected chi connectivity index (χ3v) is 6.06. The highest BCUT2D eigenvalue weighted by Crippen LogP contribution is 2.25. The van der Waals surface area contributed by atoms with Gasteiger partial charge in [-0.3, -0.25) is 4.55 Å². The van der Waals surface area contributed by atoms with E-state index in [2.05, 4.69) is 25.8 Å². The Hall–Kier alpha value is -3.10. The van der Waals surface area contributed by atoms with Crippen LogP contribution in [-0.2, 0) is 16.6 Å². The van der Waals surface area contributed by atoms with E-state index in [1.54, 1.807) is 34.9 Å². The maximum absolute atomic E-state index is 13.0. The van der Waals surface area contributed by atoms with Crippen LogP contribution in [0.5, 0.6) is 0 Å². The first-order valence-electron chi connectivity index (χ1n) is 9.96. The fourth-order valence-electron chi connectivity index (χ4n) is 3.18. The summed E-state index contributed by atoms with van der Waals surface area (Å²) >= 11 is 0. The predicted octanol–water partition coefficient (Wildman–Crippen LogP) is 4.53. The lowest BCUT2D eigenvalue weighted by molar-refractivity contribution is -0.696. The lowest BCUT2D eigenvalue weighted by Gasteiger charge is -2.06. The molecule has 4 rings (SSSR count). The Morgan fingerprint density at radius 3 is 2.47 bits per heavy atom. The van der Waals surface area contributed by atoms with Crippen LogP contribution >= 0.6 is 0 Å². The van der Waals surface area contributed by atoms with Crippen molar-refractivity contribution in [2.24, 2.45) is 4.36 Å². The molecule has 2 aromatic carbocycles. The molecular formula is C22H24N5O2S+. The summed E-state index contributed by atoms with van der Waals surface area (Å²) in [6, 6.07) is 15.8. The van der Waals surface area contributed by atoms with Crippen molar-refractivity contribution >= 4 is 26.9 Å². The van der Waals surface area contributed by atoms with Gasteiger partial charge < -0.3 is 0 Å². The van der Waals surface area contributed by atoms with Crippen LogP contribution in [0.1, 0.15) is 26.2 Å². The van der Waals surface area contributed by atoms with Crippen molar-refractivity contribution in [3.8, 4) is 5.82 Å². The van der Waals surface area contributed by atoms with Gasteiger partial charge in [0.2, 0.25) is 12.1 Å². The molecule has 1 unspecified atom stereocenters. The molecule has 1 N–H and O–H groups in total. The molecule has 4 aromatic rings. The molecule has 2 heterocycles. The van der Waals surface area contributed by atoms with Gasteiger partial charge in [-0.05, 0) is 37.1 Å². The third kappa shape index (κ3) is 4.39. The number of benzene rings is 2. The molecular weight excluding hydrogens is 398 g/mol. The van der Waals surface area contributed by atoms with E-state index < -0.39 is 10.0 Å². The van der Waals surface area contributed by atoms with Crippen LogP contribution in [0.15, 0.2) is 82.6 Å². The van der Waals surface area contributed by atoms with Crippen molar-refractivity contribution in [3.05, 3.63) is 73.3 Å². The molecule has 7 nitrogen and oxygen atoms in total. The molecule has 0 amide bonds. The number of unbranched alkanes of at least 4 members (excludes halogenated alkanes) is 2. The zero-order valence-electron chi connectivity index (χ0n) is 16.8.